The van der Waals surface area contributed by atoms with Crippen LogP contribution >= 0.6 is 0 Å². The number of esters is 3. The molecule has 0 rings (SSSR count). The highest BCUT2D eigenvalue weighted by atomic mass is 16.6. The Morgan fingerprint density at radius 3 is 0.879 bits per heavy atom. The smallest absolute Gasteiger partial charge is 0.306 e. The fourth-order valence-electron chi connectivity index (χ4n) is 7.31. The molecule has 0 N–H and O–H groups in total. The third kappa shape index (κ3) is 45.0. The second-order valence-corrected chi connectivity index (χ2v) is 17.1. The van der Waals surface area contributed by atoms with Crippen LogP contribution in [0.25, 0.3) is 0 Å². The quantitative estimate of drug-likeness (QED) is 0.0263. The van der Waals surface area contributed by atoms with E-state index in [0.29, 0.717) is 19.3 Å². The van der Waals surface area contributed by atoms with Crippen LogP contribution in [0.3, 0.4) is 0 Å². The van der Waals surface area contributed by atoms with Crippen LogP contribution < -0.4 is 0 Å². The number of carbonyl (C=O) groups is 3. The van der Waals surface area contributed by atoms with Gasteiger partial charge < -0.3 is 14.2 Å². The lowest BCUT2D eigenvalue weighted by Crippen LogP contribution is -2.30. The van der Waals surface area contributed by atoms with E-state index in [2.05, 4.69) is 45.1 Å². The Balaban J connectivity index is 4.38. The normalized spacial score (nSPS) is 12.1. The minimum atomic E-state index is -0.779. The summed E-state index contributed by atoms with van der Waals surface area (Å²) in [6.07, 6.45) is 53.0. The van der Waals surface area contributed by atoms with Gasteiger partial charge in [-0.1, -0.05) is 206 Å². The SMILES string of the molecule is CCCCCCCC/C=C\CCCCCC(=O)OCC(COC(=O)CCCCCCCCCCCCCCCC)OC(=O)CCCCC/C=C\CCCCCCCC. The van der Waals surface area contributed by atoms with Crippen LogP contribution in [-0.4, -0.2) is 37.2 Å². The van der Waals surface area contributed by atoms with Crippen LogP contribution in [0.1, 0.15) is 271 Å². The molecule has 0 saturated heterocycles. The standard InChI is InChI=1S/C52H96O6/c1-4-7-10-13-16-19-22-25-28-30-33-36-39-42-45-51(54)57-48-49(58-52(55)46-43-40-37-34-31-27-24-21-18-15-12-9-6-3)47-56-50(53)44-41-38-35-32-29-26-23-20-17-14-11-8-5-2/h26-27,29,31,49H,4-25,28,30,32-48H2,1-3H3/b29-26-,31-27-. The maximum Gasteiger partial charge on any atom is 0.306 e. The van der Waals surface area contributed by atoms with Gasteiger partial charge in [0, 0.05) is 19.3 Å². The third-order valence-electron chi connectivity index (χ3n) is 11.2. The number of rotatable bonds is 46. The lowest BCUT2D eigenvalue weighted by molar-refractivity contribution is -0.167. The van der Waals surface area contributed by atoms with Gasteiger partial charge in [0.1, 0.15) is 13.2 Å². The zero-order valence-corrected chi connectivity index (χ0v) is 38.8. The first kappa shape index (κ1) is 55.9. The summed E-state index contributed by atoms with van der Waals surface area (Å²) in [7, 11) is 0. The molecule has 340 valence electrons. The van der Waals surface area contributed by atoms with Crippen molar-refractivity contribution >= 4 is 17.9 Å². The Bertz CT molecular complexity index is 942. The van der Waals surface area contributed by atoms with Crippen molar-refractivity contribution in [2.45, 2.75) is 277 Å². The number of unbranched alkanes of at least 4 members (excludes halogenated alkanes) is 31. The van der Waals surface area contributed by atoms with Gasteiger partial charge in [-0.2, -0.15) is 0 Å². The summed E-state index contributed by atoms with van der Waals surface area (Å²) < 4.78 is 16.8. The van der Waals surface area contributed by atoms with Crippen molar-refractivity contribution in [1.29, 1.82) is 0 Å². The van der Waals surface area contributed by atoms with E-state index < -0.39 is 6.10 Å². The van der Waals surface area contributed by atoms with Crippen LogP contribution in [0.15, 0.2) is 24.3 Å². The van der Waals surface area contributed by atoms with E-state index in [9.17, 15) is 14.4 Å². The van der Waals surface area contributed by atoms with Gasteiger partial charge in [0.05, 0.1) is 0 Å². The zero-order chi connectivity index (χ0) is 42.3. The lowest BCUT2D eigenvalue weighted by Gasteiger charge is -2.18. The molecule has 1 atom stereocenters. The van der Waals surface area contributed by atoms with Crippen molar-refractivity contribution in [3.05, 3.63) is 24.3 Å². The third-order valence-corrected chi connectivity index (χ3v) is 11.2. The second kappa shape index (κ2) is 47.6. The maximum atomic E-state index is 12.7. The second-order valence-electron chi connectivity index (χ2n) is 17.1. The van der Waals surface area contributed by atoms with Crippen LogP contribution in [0.5, 0.6) is 0 Å². The minimum absolute atomic E-state index is 0.0784. The van der Waals surface area contributed by atoms with E-state index in [1.165, 1.54) is 148 Å². The Kier molecular flexibility index (Phi) is 45.8. The van der Waals surface area contributed by atoms with Gasteiger partial charge in [-0.05, 0) is 70.6 Å². The first-order valence-corrected chi connectivity index (χ1v) is 25.3. The van der Waals surface area contributed by atoms with Gasteiger partial charge in [0.2, 0.25) is 0 Å². The van der Waals surface area contributed by atoms with Crippen molar-refractivity contribution in [1.82, 2.24) is 0 Å². The summed E-state index contributed by atoms with van der Waals surface area (Å²) in [5.41, 5.74) is 0. The van der Waals surface area contributed by atoms with Gasteiger partial charge in [-0.25, -0.2) is 0 Å². The summed E-state index contributed by atoms with van der Waals surface area (Å²) in [5, 5.41) is 0. The van der Waals surface area contributed by atoms with E-state index in [-0.39, 0.29) is 31.1 Å². The molecule has 0 saturated carbocycles. The van der Waals surface area contributed by atoms with E-state index in [1.54, 1.807) is 0 Å². The summed E-state index contributed by atoms with van der Waals surface area (Å²) >= 11 is 0. The molecular formula is C52H96O6. The predicted octanol–water partition coefficient (Wildman–Crippen LogP) is 16.4. The summed E-state index contributed by atoms with van der Waals surface area (Å²) in [6, 6.07) is 0. The Morgan fingerprint density at radius 2 is 0.569 bits per heavy atom. The van der Waals surface area contributed by atoms with Crippen LogP contribution in [0.4, 0.5) is 0 Å². The first-order chi connectivity index (χ1) is 28.5. The van der Waals surface area contributed by atoms with Crippen LogP contribution in [0, 0.1) is 0 Å². The largest absolute Gasteiger partial charge is 0.462 e. The molecule has 0 aliphatic heterocycles. The van der Waals surface area contributed by atoms with E-state index >= 15 is 0 Å². The van der Waals surface area contributed by atoms with E-state index in [0.717, 1.165) is 83.5 Å². The molecule has 0 aliphatic rings. The van der Waals surface area contributed by atoms with E-state index in [1.807, 2.05) is 0 Å². The molecule has 0 radical (unpaired) electrons. The molecule has 0 bridgehead atoms. The molecule has 0 spiro atoms. The van der Waals surface area contributed by atoms with Crippen molar-refractivity contribution in [3.63, 3.8) is 0 Å². The van der Waals surface area contributed by atoms with Crippen LogP contribution in [0.2, 0.25) is 0 Å². The molecule has 0 aromatic carbocycles. The Labute approximate surface area is 360 Å². The van der Waals surface area contributed by atoms with E-state index in [4.69, 9.17) is 14.2 Å². The Morgan fingerprint density at radius 1 is 0.328 bits per heavy atom. The van der Waals surface area contributed by atoms with Crippen molar-refractivity contribution in [2.75, 3.05) is 13.2 Å². The van der Waals surface area contributed by atoms with Gasteiger partial charge in [0.25, 0.3) is 0 Å². The fraction of sp³-hybridized carbons (Fsp3) is 0.865. The maximum absolute atomic E-state index is 12.7. The number of hydrogen-bond acceptors (Lipinski definition) is 6. The average molecular weight is 817 g/mol. The highest BCUT2D eigenvalue weighted by molar-refractivity contribution is 5.71. The van der Waals surface area contributed by atoms with Crippen molar-refractivity contribution in [2.24, 2.45) is 0 Å². The predicted molar refractivity (Wildman–Crippen MR) is 247 cm³/mol. The molecule has 1 unspecified atom stereocenters. The highest BCUT2D eigenvalue weighted by Gasteiger charge is 2.19. The van der Waals surface area contributed by atoms with Gasteiger partial charge >= 0.3 is 17.9 Å². The fourth-order valence-corrected chi connectivity index (χ4v) is 7.31. The summed E-state index contributed by atoms with van der Waals surface area (Å²) in [4.78, 5) is 37.9. The molecular weight excluding hydrogens is 721 g/mol. The highest BCUT2D eigenvalue weighted by Crippen LogP contribution is 2.15. The van der Waals surface area contributed by atoms with Crippen molar-refractivity contribution in [3.8, 4) is 0 Å². The van der Waals surface area contributed by atoms with Gasteiger partial charge in [0.15, 0.2) is 6.10 Å². The van der Waals surface area contributed by atoms with Gasteiger partial charge in [-0.3, -0.25) is 14.4 Å². The van der Waals surface area contributed by atoms with Gasteiger partial charge in [-0.15, -0.1) is 0 Å². The molecule has 6 nitrogen and oxygen atoms in total. The minimum Gasteiger partial charge on any atom is -0.462 e. The molecule has 58 heavy (non-hydrogen) atoms. The molecule has 0 aliphatic carbocycles. The summed E-state index contributed by atoms with van der Waals surface area (Å²) in [6.45, 7) is 6.61. The molecule has 0 fully saturated rings. The molecule has 0 heterocycles. The first-order valence-electron chi connectivity index (χ1n) is 25.3. The van der Waals surface area contributed by atoms with Crippen LogP contribution in [-0.2, 0) is 28.6 Å². The number of ether oxygens (including phenoxy) is 3. The monoisotopic (exact) mass is 817 g/mol. The molecule has 6 heteroatoms. The molecule has 0 amide bonds. The number of hydrogen-bond donors (Lipinski definition) is 0. The zero-order valence-electron chi connectivity index (χ0n) is 38.8. The Hall–Kier alpha value is -2.11. The molecule has 0 aromatic rings. The number of carbonyl (C=O) groups excluding carboxylic acids is 3. The lowest BCUT2D eigenvalue weighted by atomic mass is 10.0. The number of allylic oxidation sites excluding steroid dienone is 4. The summed E-state index contributed by atoms with van der Waals surface area (Å²) in [5.74, 6) is -0.901. The average Bonchev–Trinajstić information content (AvgIpc) is 3.22. The van der Waals surface area contributed by atoms with Crippen molar-refractivity contribution < 1.29 is 28.6 Å². The topological polar surface area (TPSA) is 78.9 Å². The molecule has 0 aromatic heterocycles.